The molecule has 2 fully saturated rings. The molecule has 1 aliphatic carbocycles. The highest BCUT2D eigenvalue weighted by Crippen LogP contribution is 2.37. The fourth-order valence-electron chi connectivity index (χ4n) is 6.97. The predicted octanol–water partition coefficient (Wildman–Crippen LogP) is 8.71. The van der Waals surface area contributed by atoms with Gasteiger partial charge in [0.2, 0.25) is 5.91 Å². The van der Waals surface area contributed by atoms with Crippen LogP contribution in [0.4, 0.5) is 0 Å². The zero-order chi connectivity index (χ0) is 32.9. The van der Waals surface area contributed by atoms with E-state index >= 15 is 0 Å². The lowest BCUT2D eigenvalue weighted by atomic mass is 9.79. The van der Waals surface area contributed by atoms with Gasteiger partial charge in [-0.25, -0.2) is 0 Å². The van der Waals surface area contributed by atoms with Crippen molar-refractivity contribution in [3.8, 4) is 0 Å². The molecule has 1 aliphatic heterocycles. The first kappa shape index (κ1) is 32.8. The summed E-state index contributed by atoms with van der Waals surface area (Å²) >= 11 is 6.15. The number of carbonyl (C=O) groups excluding carboxylic acids is 2. The molecule has 1 aromatic heterocycles. The molecule has 1 atom stereocenters. The van der Waals surface area contributed by atoms with Crippen molar-refractivity contribution in [2.24, 2.45) is 0 Å². The van der Waals surface area contributed by atoms with E-state index in [4.69, 9.17) is 16.0 Å². The molecule has 1 saturated heterocycles. The number of likely N-dealkylation sites (tertiary alicyclic amines) is 1. The van der Waals surface area contributed by atoms with Gasteiger partial charge < -0.3 is 14.6 Å². The van der Waals surface area contributed by atoms with Gasteiger partial charge in [-0.3, -0.25) is 14.4 Å². The van der Waals surface area contributed by atoms with E-state index in [1.807, 2.05) is 41.3 Å². The third-order valence-corrected chi connectivity index (χ3v) is 9.92. The third kappa shape index (κ3) is 8.05. The summed E-state index contributed by atoms with van der Waals surface area (Å²) in [6.45, 7) is 5.68. The van der Waals surface area contributed by atoms with Crippen LogP contribution in [0.25, 0.3) is 11.0 Å². The van der Waals surface area contributed by atoms with Crippen LogP contribution in [-0.2, 0) is 17.8 Å². The van der Waals surface area contributed by atoms with Crippen molar-refractivity contribution in [2.45, 2.75) is 89.6 Å². The molecule has 1 saturated carbocycles. The maximum absolute atomic E-state index is 13.6. The molecule has 2 aliphatic rings. The molecule has 0 spiro atoms. The van der Waals surface area contributed by atoms with Gasteiger partial charge in [0, 0.05) is 30.6 Å². The first-order valence-corrected chi connectivity index (χ1v) is 17.3. The number of allylic oxidation sites excluding steroid dienone is 1. The van der Waals surface area contributed by atoms with E-state index in [1.54, 1.807) is 6.07 Å². The van der Waals surface area contributed by atoms with Crippen molar-refractivity contribution in [1.29, 1.82) is 0 Å². The summed E-state index contributed by atoms with van der Waals surface area (Å²) in [5.74, 6) is 0.556. The van der Waals surface area contributed by atoms with E-state index in [0.29, 0.717) is 41.3 Å². The van der Waals surface area contributed by atoms with Crippen molar-refractivity contribution in [3.63, 3.8) is 0 Å². The Balaban J connectivity index is 1.19. The van der Waals surface area contributed by atoms with Gasteiger partial charge in [-0.2, -0.15) is 0 Å². The number of hydrogen-bond acceptors (Lipinski definition) is 4. The molecule has 3 aromatic carbocycles. The molecular formula is C40H43ClN2O4. The van der Waals surface area contributed by atoms with Crippen molar-refractivity contribution in [2.75, 3.05) is 6.54 Å². The average molecular weight is 651 g/mol. The van der Waals surface area contributed by atoms with E-state index in [9.17, 15) is 14.4 Å². The van der Waals surface area contributed by atoms with Gasteiger partial charge in [-0.1, -0.05) is 79.6 Å². The third-order valence-electron chi connectivity index (χ3n) is 9.67. The highest BCUT2D eigenvalue weighted by atomic mass is 35.5. The highest BCUT2D eigenvalue weighted by molar-refractivity contribution is 6.30. The van der Waals surface area contributed by atoms with Crippen LogP contribution in [0, 0.1) is 0 Å². The number of amides is 2. The van der Waals surface area contributed by atoms with Gasteiger partial charge in [-0.05, 0) is 103 Å². The SMILES string of the molecule is CC(C)c1ccc2oc(C(=O)N[C@@H](C=C3CCC(c4ccccc4CN4CCCCC4=O)CC3)Cc3ccc(Cl)cc3)cc(=O)c2c1. The number of rotatable bonds is 9. The van der Waals surface area contributed by atoms with Crippen LogP contribution in [0.3, 0.4) is 0 Å². The van der Waals surface area contributed by atoms with Crippen LogP contribution in [0.2, 0.25) is 5.02 Å². The largest absolute Gasteiger partial charge is 0.451 e. The molecule has 6 nitrogen and oxygen atoms in total. The predicted molar refractivity (Wildman–Crippen MR) is 188 cm³/mol. The molecule has 47 heavy (non-hydrogen) atoms. The standard InChI is InChI=1S/C40H43ClN2O4/c1-26(2)30-16-19-37-35(23-30)36(44)24-38(47-37)40(46)42-33(22-28-12-17-32(41)18-13-28)21-27-10-14-29(15-11-27)34-8-4-3-7-31(34)25-43-20-6-5-9-39(43)45/h3-4,7-8,12-13,16-19,21,23-24,26,29,33H,5-6,9-11,14-15,20,22,25H2,1-2H3,(H,42,46)/t29?,33-/m0/s1. The number of nitrogens with zero attached hydrogens (tertiary/aromatic N) is 1. The number of hydrogen-bond donors (Lipinski definition) is 1. The van der Waals surface area contributed by atoms with Gasteiger partial charge in [-0.15, -0.1) is 0 Å². The maximum atomic E-state index is 13.6. The second-order valence-electron chi connectivity index (χ2n) is 13.4. The van der Waals surface area contributed by atoms with Crippen LogP contribution in [0.15, 0.2) is 93.7 Å². The Hall–Kier alpha value is -4.16. The summed E-state index contributed by atoms with van der Waals surface area (Å²) in [6.07, 6.45) is 9.37. The molecule has 4 aromatic rings. The van der Waals surface area contributed by atoms with Crippen LogP contribution in [-0.4, -0.2) is 29.3 Å². The van der Waals surface area contributed by atoms with Gasteiger partial charge >= 0.3 is 0 Å². The molecular weight excluding hydrogens is 608 g/mol. The molecule has 1 N–H and O–H groups in total. The minimum absolute atomic E-state index is 0.00630. The van der Waals surface area contributed by atoms with Crippen molar-refractivity contribution < 1.29 is 14.0 Å². The highest BCUT2D eigenvalue weighted by Gasteiger charge is 2.25. The number of piperidine rings is 1. The first-order valence-electron chi connectivity index (χ1n) is 16.9. The number of halogens is 1. The maximum Gasteiger partial charge on any atom is 0.287 e. The molecule has 2 amide bonds. The first-order chi connectivity index (χ1) is 22.7. The fourth-order valence-corrected chi connectivity index (χ4v) is 7.10. The number of carbonyl (C=O) groups is 2. The zero-order valence-electron chi connectivity index (χ0n) is 27.3. The Labute approximate surface area is 281 Å². The van der Waals surface area contributed by atoms with E-state index in [1.165, 1.54) is 22.8 Å². The van der Waals surface area contributed by atoms with Gasteiger partial charge in [0.1, 0.15) is 5.58 Å². The molecule has 0 radical (unpaired) electrons. The van der Waals surface area contributed by atoms with E-state index in [-0.39, 0.29) is 29.1 Å². The van der Waals surface area contributed by atoms with Crippen LogP contribution in [0.5, 0.6) is 0 Å². The monoisotopic (exact) mass is 650 g/mol. The minimum Gasteiger partial charge on any atom is -0.451 e. The van der Waals surface area contributed by atoms with Crippen LogP contribution in [0.1, 0.15) is 103 Å². The molecule has 7 heteroatoms. The Bertz CT molecular complexity index is 1830. The van der Waals surface area contributed by atoms with Gasteiger partial charge in [0.05, 0.1) is 11.4 Å². The second kappa shape index (κ2) is 14.7. The Morgan fingerprint density at radius 3 is 2.49 bits per heavy atom. The summed E-state index contributed by atoms with van der Waals surface area (Å²) in [5, 5.41) is 4.29. The van der Waals surface area contributed by atoms with Crippen molar-refractivity contribution in [1.82, 2.24) is 10.2 Å². The summed E-state index contributed by atoms with van der Waals surface area (Å²) in [6, 6.07) is 22.8. The fraction of sp³-hybridized carbons (Fsp3) is 0.375. The number of benzene rings is 3. The summed E-state index contributed by atoms with van der Waals surface area (Å²) < 4.78 is 5.96. The summed E-state index contributed by atoms with van der Waals surface area (Å²) in [5.41, 5.74) is 6.19. The van der Waals surface area contributed by atoms with Crippen molar-refractivity contribution in [3.05, 3.63) is 128 Å². The minimum atomic E-state index is -0.414. The lowest BCUT2D eigenvalue weighted by molar-refractivity contribution is -0.133. The Morgan fingerprint density at radius 2 is 1.74 bits per heavy atom. The lowest BCUT2D eigenvalue weighted by Crippen LogP contribution is -2.36. The van der Waals surface area contributed by atoms with Crippen molar-refractivity contribution >= 4 is 34.4 Å². The smallest absolute Gasteiger partial charge is 0.287 e. The number of fused-ring (bicyclic) bond motifs is 1. The molecule has 2 heterocycles. The molecule has 244 valence electrons. The molecule has 0 unspecified atom stereocenters. The van der Waals surface area contributed by atoms with E-state index in [2.05, 4.69) is 49.5 Å². The topological polar surface area (TPSA) is 79.6 Å². The second-order valence-corrected chi connectivity index (χ2v) is 13.8. The van der Waals surface area contributed by atoms with Crippen LogP contribution < -0.4 is 10.7 Å². The van der Waals surface area contributed by atoms with Crippen LogP contribution >= 0.6 is 11.6 Å². The van der Waals surface area contributed by atoms with Gasteiger partial charge in [0.25, 0.3) is 5.91 Å². The number of nitrogens with one attached hydrogen (secondary N) is 1. The van der Waals surface area contributed by atoms with E-state index in [0.717, 1.165) is 56.2 Å². The summed E-state index contributed by atoms with van der Waals surface area (Å²) in [7, 11) is 0. The Morgan fingerprint density at radius 1 is 0.979 bits per heavy atom. The lowest BCUT2D eigenvalue weighted by Gasteiger charge is -2.31. The summed E-state index contributed by atoms with van der Waals surface area (Å²) in [4.78, 5) is 41.1. The van der Waals surface area contributed by atoms with Gasteiger partial charge in [0.15, 0.2) is 11.2 Å². The zero-order valence-corrected chi connectivity index (χ0v) is 28.0. The van der Waals surface area contributed by atoms with E-state index < -0.39 is 5.91 Å². The average Bonchev–Trinajstić information content (AvgIpc) is 3.07. The quantitative estimate of drug-likeness (QED) is 0.184. The Kier molecular flexibility index (Phi) is 10.3. The molecule has 6 rings (SSSR count). The molecule has 0 bridgehead atoms. The normalized spacial score (nSPS) is 17.6.